The SMILES string of the molecule is CO[C@H]1C[C@@H]2CC[C@@H](C)[C@@](O)(O2)C(=O)C(=O)N2CCCC[C@H]2C(=O)O[C@@H](C(C)C[C@@H]2CC[C@@H](OC(=O)C(C)(C)Cc3ccccn3)[C@H](OC)C2)CC(=O)[C@H](C)/C=C(\C)[C@@H](O)[C@@H](OC)C(=O)[C@H](C)C[C@H](C)[C@@H]2C=C[C@H](/C=C/1C)ON2c1ccccc1. The van der Waals surface area contributed by atoms with E-state index < -0.39 is 107 Å². The van der Waals surface area contributed by atoms with Gasteiger partial charge < -0.3 is 43.5 Å². The van der Waals surface area contributed by atoms with Crippen LogP contribution in [0.2, 0.25) is 0 Å². The molecule has 468 valence electrons. The number of hydrogen-bond donors (Lipinski definition) is 2. The minimum Gasteiger partial charge on any atom is -0.460 e. The topological polar surface area (TPSA) is 227 Å². The zero-order chi connectivity index (χ0) is 61.9. The third-order valence-electron chi connectivity index (χ3n) is 18.6. The molecule has 4 bridgehead atoms. The van der Waals surface area contributed by atoms with Crippen LogP contribution in [0, 0.1) is 40.9 Å². The highest BCUT2D eigenvalue weighted by Gasteiger charge is 2.53. The number of ketones is 3. The molecule has 1 aromatic heterocycles. The minimum absolute atomic E-state index is 0.0119. The van der Waals surface area contributed by atoms with E-state index >= 15 is 0 Å². The summed E-state index contributed by atoms with van der Waals surface area (Å²) in [6, 6.07) is 13.8. The van der Waals surface area contributed by atoms with Gasteiger partial charge in [0.05, 0.1) is 35.5 Å². The van der Waals surface area contributed by atoms with Crippen molar-refractivity contribution in [2.24, 2.45) is 40.9 Å². The number of allylic oxidation sites excluding steroid dienone is 1. The maximum absolute atomic E-state index is 14.8. The van der Waals surface area contributed by atoms with Crippen molar-refractivity contribution in [3.8, 4) is 0 Å². The number of aliphatic hydroxyl groups excluding tert-OH is 1. The summed E-state index contributed by atoms with van der Waals surface area (Å²) in [5.74, 6) is -9.15. The lowest BCUT2D eigenvalue weighted by atomic mass is 9.78. The smallest absolute Gasteiger partial charge is 0.329 e. The Morgan fingerprint density at radius 2 is 1.56 bits per heavy atom. The molecule has 2 aromatic rings. The number of ether oxygens (including phenoxy) is 6. The molecule has 1 aromatic carbocycles. The molecule has 2 N–H and O–H groups in total. The summed E-state index contributed by atoms with van der Waals surface area (Å²) < 4.78 is 36.6. The van der Waals surface area contributed by atoms with Crippen LogP contribution in [0.3, 0.4) is 0 Å². The Hall–Kier alpha value is -5.47. The third-order valence-corrected chi connectivity index (χ3v) is 18.6. The number of carbonyl (C=O) groups is 6. The molecule has 3 fully saturated rings. The number of piperidine rings is 1. The lowest BCUT2D eigenvalue weighted by molar-refractivity contribution is -0.265. The predicted octanol–water partition coefficient (Wildman–Crippen LogP) is 9.03. The second-order valence-electron chi connectivity index (χ2n) is 25.7. The van der Waals surface area contributed by atoms with Gasteiger partial charge >= 0.3 is 11.9 Å². The number of nitrogens with zero attached hydrogens (tertiary/aromatic N) is 3. The average molecular weight is 1180 g/mol. The molecule has 1 amide bonds. The van der Waals surface area contributed by atoms with Crippen molar-refractivity contribution < 1.29 is 72.2 Å². The van der Waals surface area contributed by atoms with Crippen molar-refractivity contribution >= 4 is 40.9 Å². The monoisotopic (exact) mass is 1180 g/mol. The number of hydrogen-bond acceptors (Lipinski definition) is 17. The lowest BCUT2D eigenvalue weighted by Gasteiger charge is -2.43. The molecule has 1 aliphatic carbocycles. The van der Waals surface area contributed by atoms with Gasteiger partial charge in [0, 0.05) is 76.8 Å². The van der Waals surface area contributed by atoms with Gasteiger partial charge in [-0.3, -0.25) is 33.8 Å². The first-order valence-electron chi connectivity index (χ1n) is 30.8. The number of pyridine rings is 1. The number of para-hydroxylation sites is 1. The number of hydroxylamine groups is 1. The normalized spacial score (nSPS) is 35.5. The van der Waals surface area contributed by atoms with E-state index in [1.54, 1.807) is 47.3 Å². The quantitative estimate of drug-likeness (QED) is 0.122. The fraction of sp³-hybridized carbons (Fsp3) is 0.657. The van der Waals surface area contributed by atoms with Crippen LogP contribution in [0.4, 0.5) is 5.69 Å². The molecule has 5 aliphatic heterocycles. The second-order valence-corrected chi connectivity index (χ2v) is 25.7. The minimum atomic E-state index is -2.50. The summed E-state index contributed by atoms with van der Waals surface area (Å²) in [6.45, 7) is 16.4. The number of rotatable bonds is 11. The Kier molecular flexibility index (Phi) is 23.6. The number of aliphatic hydroxyl groups is 2. The van der Waals surface area contributed by atoms with Crippen LogP contribution >= 0.6 is 0 Å². The van der Waals surface area contributed by atoms with Crippen molar-refractivity contribution in [1.82, 2.24) is 9.88 Å². The van der Waals surface area contributed by atoms with Crippen molar-refractivity contribution in [2.75, 3.05) is 32.9 Å². The summed E-state index contributed by atoms with van der Waals surface area (Å²) in [6.07, 6.45) is 8.05. The predicted molar refractivity (Wildman–Crippen MR) is 319 cm³/mol. The number of amides is 1. The first-order valence-corrected chi connectivity index (χ1v) is 30.8. The molecule has 1 unspecified atom stereocenters. The highest BCUT2D eigenvalue weighted by atomic mass is 16.7. The van der Waals surface area contributed by atoms with E-state index in [9.17, 15) is 39.0 Å². The lowest BCUT2D eigenvalue weighted by Crippen LogP contribution is -2.61. The standard InChI is InChI=1S/C67H95N3O15/c1-40-32-44(5)59(72)61(81-12)60(73)45(6)33-41(2)54(71)38-57(42(3)34-47-25-29-55(58(36-47)80-11)83-65(77)66(8,9)39-48-20-16-18-30-68-48)82-64(76)53-23-17-19-31-69(53)63(75)62(74)67(78)46(7)24-26-50(84-67)37-56(79-10)43(4)35-51-27-28-52(40)70(85-51)49-21-14-13-15-22-49/h13-16,18,20-22,27-28,30,33,35,40-42,44,46-47,50-53,55-58,60-61,73,78H,17,19,23-26,29,31-32,34,36-39H2,1-12H3/b43-35+,45-33+/t40-,41+,42?,44+,46+,47-,50-,51+,52-,53-,55+,56-,57+,58+,60+,61-,67+/m0/s1. The number of methoxy groups -OCH3 is 3. The van der Waals surface area contributed by atoms with E-state index in [-0.39, 0.29) is 61.2 Å². The van der Waals surface area contributed by atoms with Crippen molar-refractivity contribution in [1.29, 1.82) is 0 Å². The highest BCUT2D eigenvalue weighted by molar-refractivity contribution is 6.39. The summed E-state index contributed by atoms with van der Waals surface area (Å²) in [7, 11) is 4.55. The number of esters is 2. The van der Waals surface area contributed by atoms with Crippen LogP contribution in [0.15, 0.2) is 90.2 Å². The average Bonchev–Trinajstić information content (AvgIpc) is 1.98. The second kappa shape index (κ2) is 30.0. The van der Waals surface area contributed by atoms with Gasteiger partial charge in [-0.15, -0.1) is 0 Å². The zero-order valence-corrected chi connectivity index (χ0v) is 52.2. The largest absolute Gasteiger partial charge is 0.460 e. The van der Waals surface area contributed by atoms with Gasteiger partial charge in [0.2, 0.25) is 5.79 Å². The zero-order valence-electron chi connectivity index (χ0n) is 52.2. The number of anilines is 1. The van der Waals surface area contributed by atoms with Gasteiger partial charge in [0.15, 0.2) is 5.78 Å². The van der Waals surface area contributed by atoms with E-state index in [0.29, 0.717) is 69.8 Å². The number of fused-ring (bicyclic) bond motifs is 16. The molecule has 18 heteroatoms. The summed E-state index contributed by atoms with van der Waals surface area (Å²) in [5, 5.41) is 26.0. The molecule has 6 aliphatic rings. The molecule has 85 heavy (non-hydrogen) atoms. The van der Waals surface area contributed by atoms with E-state index in [1.165, 1.54) is 12.0 Å². The van der Waals surface area contributed by atoms with Gasteiger partial charge in [-0.25, -0.2) is 9.86 Å². The molecular weight excluding hydrogens is 1090 g/mol. The first kappa shape index (κ1) is 67.0. The van der Waals surface area contributed by atoms with Gasteiger partial charge in [0.1, 0.15) is 42.3 Å². The molecule has 0 radical (unpaired) electrons. The molecule has 17 atom stereocenters. The molecule has 2 saturated heterocycles. The molecule has 18 nitrogen and oxygen atoms in total. The number of aromatic nitrogens is 1. The van der Waals surface area contributed by atoms with Crippen LogP contribution in [0.1, 0.15) is 145 Å². The maximum Gasteiger partial charge on any atom is 0.329 e. The highest BCUT2D eigenvalue weighted by Crippen LogP contribution is 2.40. The maximum atomic E-state index is 14.8. The molecule has 1 saturated carbocycles. The Bertz CT molecular complexity index is 2700. The molecule has 8 rings (SSSR count). The van der Waals surface area contributed by atoms with Crippen LogP contribution in [0.5, 0.6) is 0 Å². The van der Waals surface area contributed by atoms with Crippen molar-refractivity contribution in [2.45, 2.75) is 212 Å². The fourth-order valence-corrected chi connectivity index (χ4v) is 13.2. The Balaban J connectivity index is 1.17. The van der Waals surface area contributed by atoms with E-state index in [0.717, 1.165) is 17.0 Å². The van der Waals surface area contributed by atoms with Crippen LogP contribution in [0.25, 0.3) is 0 Å². The number of carbonyl (C=O) groups excluding carboxylic acids is 6. The molecule has 0 spiro atoms. The van der Waals surface area contributed by atoms with E-state index in [4.69, 9.17) is 33.3 Å². The van der Waals surface area contributed by atoms with Crippen molar-refractivity contribution in [3.05, 3.63) is 95.9 Å². The summed E-state index contributed by atoms with van der Waals surface area (Å²) in [4.78, 5) is 98.9. The number of benzene rings is 1. The van der Waals surface area contributed by atoms with E-state index in [1.807, 2.05) is 107 Å². The fourth-order valence-electron chi connectivity index (χ4n) is 13.2. The Morgan fingerprint density at radius 1 is 0.835 bits per heavy atom. The van der Waals surface area contributed by atoms with Gasteiger partial charge in [-0.1, -0.05) is 77.1 Å². The Labute approximate surface area is 503 Å². The van der Waals surface area contributed by atoms with Crippen LogP contribution in [-0.2, 0) is 68.4 Å². The van der Waals surface area contributed by atoms with Crippen LogP contribution < -0.4 is 5.06 Å². The van der Waals surface area contributed by atoms with Gasteiger partial charge in [0.25, 0.3) is 11.7 Å². The van der Waals surface area contributed by atoms with E-state index in [2.05, 4.69) is 11.1 Å². The van der Waals surface area contributed by atoms with Crippen molar-refractivity contribution in [3.63, 3.8) is 0 Å². The van der Waals surface area contributed by atoms with Gasteiger partial charge in [-0.05, 0) is 151 Å². The summed E-state index contributed by atoms with van der Waals surface area (Å²) >= 11 is 0. The Morgan fingerprint density at radius 3 is 2.25 bits per heavy atom. The van der Waals surface area contributed by atoms with Gasteiger partial charge in [-0.2, -0.15) is 0 Å². The number of Topliss-reactive ketones (excluding diaryl/α,β-unsaturated/α-hetero) is 3. The first-order chi connectivity index (χ1) is 40.4. The molecule has 6 heterocycles. The third kappa shape index (κ3) is 16.6. The summed E-state index contributed by atoms with van der Waals surface area (Å²) in [5.41, 5.74) is 1.89. The van der Waals surface area contributed by atoms with Crippen LogP contribution in [-0.4, -0.2) is 150 Å². The molecular formula is C67H95N3O15.